The molecule has 0 aromatic heterocycles. The Morgan fingerprint density at radius 2 is 0.870 bits per heavy atom. The molecule has 0 radical (unpaired) electrons. The number of rotatable bonds is 17. The zero-order valence-corrected chi connectivity index (χ0v) is 25.9. The zero-order valence-electron chi connectivity index (χ0n) is 25.9. The molecular formula is C40H39F3O3. The van der Waals surface area contributed by atoms with Crippen molar-refractivity contribution in [1.82, 2.24) is 0 Å². The molecule has 0 bridgehead atoms. The standard InChI is InChI=1S/C40H39F3O3/c41-29-35-36(42)25-33(26-37(35)43)40-38(45-23-11-20-31-15-6-2-7-16-31)27-34(44-22-10-19-30-13-4-1-5-14-30)28-39(40)46-24-12-21-32-17-8-3-9-18-32/h1-9,13-18,25-28H,10-12,19-24,29H2. The van der Waals surface area contributed by atoms with Gasteiger partial charge >= 0.3 is 0 Å². The van der Waals surface area contributed by atoms with E-state index in [1.165, 1.54) is 16.7 Å². The second kappa shape index (κ2) is 17.1. The first-order valence-corrected chi connectivity index (χ1v) is 15.8. The van der Waals surface area contributed by atoms with E-state index < -0.39 is 23.9 Å². The Hall–Kier alpha value is -4.71. The first-order valence-electron chi connectivity index (χ1n) is 15.8. The number of aryl methyl sites for hydroxylation is 3. The molecule has 0 heterocycles. The molecule has 0 saturated heterocycles. The lowest BCUT2D eigenvalue weighted by atomic mass is 10.0. The summed E-state index contributed by atoms with van der Waals surface area (Å²) >= 11 is 0. The molecule has 0 amide bonds. The highest BCUT2D eigenvalue weighted by molar-refractivity contribution is 5.78. The quantitative estimate of drug-likeness (QED) is 0.0964. The van der Waals surface area contributed by atoms with Crippen LogP contribution in [0.1, 0.15) is 41.5 Å². The van der Waals surface area contributed by atoms with Crippen molar-refractivity contribution in [3.05, 3.63) is 149 Å². The lowest BCUT2D eigenvalue weighted by Gasteiger charge is -2.20. The van der Waals surface area contributed by atoms with Crippen LogP contribution in [0.2, 0.25) is 0 Å². The molecule has 0 aliphatic carbocycles. The van der Waals surface area contributed by atoms with E-state index in [-0.39, 0.29) is 5.56 Å². The van der Waals surface area contributed by atoms with Gasteiger partial charge in [-0.15, -0.1) is 0 Å². The van der Waals surface area contributed by atoms with Crippen LogP contribution >= 0.6 is 0 Å². The monoisotopic (exact) mass is 624 g/mol. The lowest BCUT2D eigenvalue weighted by Crippen LogP contribution is -2.07. The Balaban J connectivity index is 1.40. The second-order valence-electron chi connectivity index (χ2n) is 11.2. The van der Waals surface area contributed by atoms with Gasteiger partial charge in [-0.1, -0.05) is 91.0 Å². The van der Waals surface area contributed by atoms with E-state index in [4.69, 9.17) is 14.2 Å². The zero-order chi connectivity index (χ0) is 32.0. The summed E-state index contributed by atoms with van der Waals surface area (Å²) in [5.41, 5.74) is 3.62. The highest BCUT2D eigenvalue weighted by Gasteiger charge is 2.21. The first kappa shape index (κ1) is 32.7. The molecule has 5 aromatic rings. The SMILES string of the molecule is FCc1c(F)cc(-c2c(OCCCc3ccccc3)cc(OCCCc3ccccc3)cc2OCCCc2ccccc2)cc1F. The van der Waals surface area contributed by atoms with Gasteiger partial charge in [-0.3, -0.25) is 0 Å². The summed E-state index contributed by atoms with van der Waals surface area (Å²) in [6.07, 6.45) is 4.73. The topological polar surface area (TPSA) is 27.7 Å². The van der Waals surface area contributed by atoms with Gasteiger partial charge in [0.2, 0.25) is 0 Å². The minimum atomic E-state index is -1.24. The van der Waals surface area contributed by atoms with Crippen molar-refractivity contribution in [1.29, 1.82) is 0 Å². The van der Waals surface area contributed by atoms with Crippen molar-refractivity contribution in [2.45, 2.75) is 45.2 Å². The predicted molar refractivity (Wildman–Crippen MR) is 177 cm³/mol. The summed E-state index contributed by atoms with van der Waals surface area (Å²) in [6.45, 7) is -0.0519. The Morgan fingerprint density at radius 1 is 0.478 bits per heavy atom. The maximum absolute atomic E-state index is 14.9. The Bertz CT molecular complexity index is 1550. The van der Waals surface area contributed by atoms with Gasteiger partial charge in [0.05, 0.1) is 30.9 Å². The number of ether oxygens (including phenoxy) is 3. The third-order valence-electron chi connectivity index (χ3n) is 7.74. The molecule has 46 heavy (non-hydrogen) atoms. The van der Waals surface area contributed by atoms with Crippen molar-refractivity contribution in [2.75, 3.05) is 19.8 Å². The van der Waals surface area contributed by atoms with Crippen molar-refractivity contribution < 1.29 is 27.4 Å². The molecule has 238 valence electrons. The van der Waals surface area contributed by atoms with Crippen LogP contribution in [0.5, 0.6) is 17.2 Å². The number of alkyl halides is 1. The van der Waals surface area contributed by atoms with Crippen molar-refractivity contribution in [2.24, 2.45) is 0 Å². The van der Waals surface area contributed by atoms with Crippen molar-refractivity contribution in [3.8, 4) is 28.4 Å². The summed E-state index contributed by atoms with van der Waals surface area (Å²) in [7, 11) is 0. The summed E-state index contributed by atoms with van der Waals surface area (Å²) in [5, 5.41) is 0. The van der Waals surface area contributed by atoms with E-state index in [2.05, 4.69) is 36.4 Å². The van der Waals surface area contributed by atoms with Gasteiger partial charge in [-0.25, -0.2) is 13.2 Å². The van der Waals surface area contributed by atoms with Crippen LogP contribution in [0, 0.1) is 11.6 Å². The Labute approximate surface area is 269 Å². The van der Waals surface area contributed by atoms with E-state index >= 15 is 0 Å². The molecule has 6 heteroatoms. The first-order chi connectivity index (χ1) is 22.6. The summed E-state index contributed by atoms with van der Waals surface area (Å²) in [4.78, 5) is 0. The summed E-state index contributed by atoms with van der Waals surface area (Å²) < 4.78 is 62.0. The molecule has 0 spiro atoms. The van der Waals surface area contributed by atoms with Gasteiger partial charge in [0.1, 0.15) is 35.6 Å². The van der Waals surface area contributed by atoms with Crippen LogP contribution in [-0.4, -0.2) is 19.8 Å². The van der Waals surface area contributed by atoms with Gasteiger partial charge in [0.25, 0.3) is 0 Å². The van der Waals surface area contributed by atoms with Crippen LogP contribution < -0.4 is 14.2 Å². The summed E-state index contributed by atoms with van der Waals surface area (Å²) in [5.74, 6) is -0.598. The van der Waals surface area contributed by atoms with E-state index in [0.717, 1.165) is 50.7 Å². The van der Waals surface area contributed by atoms with Crippen LogP contribution in [-0.2, 0) is 25.9 Å². The van der Waals surface area contributed by atoms with E-state index in [1.807, 2.05) is 54.6 Å². The molecule has 0 saturated carbocycles. The average Bonchev–Trinajstić information content (AvgIpc) is 3.08. The smallest absolute Gasteiger partial charge is 0.134 e. The molecule has 0 unspecified atom stereocenters. The fraction of sp³-hybridized carbons (Fsp3) is 0.250. The molecule has 0 aliphatic heterocycles. The number of benzene rings is 5. The average molecular weight is 625 g/mol. The van der Waals surface area contributed by atoms with Gasteiger partial charge in [-0.2, -0.15) is 0 Å². The second-order valence-corrected chi connectivity index (χ2v) is 11.2. The van der Waals surface area contributed by atoms with Gasteiger partial charge < -0.3 is 14.2 Å². The third kappa shape index (κ3) is 9.40. The van der Waals surface area contributed by atoms with Crippen LogP contribution in [0.3, 0.4) is 0 Å². The molecule has 0 aliphatic rings. The minimum absolute atomic E-state index is 0.207. The van der Waals surface area contributed by atoms with E-state index in [0.29, 0.717) is 42.6 Å². The van der Waals surface area contributed by atoms with Crippen LogP contribution in [0.4, 0.5) is 13.2 Å². The Kier molecular flexibility index (Phi) is 12.2. The normalized spacial score (nSPS) is 10.9. The predicted octanol–water partition coefficient (Wildman–Crippen LogP) is 10.1. The molecule has 5 aromatic carbocycles. The largest absolute Gasteiger partial charge is 0.493 e. The van der Waals surface area contributed by atoms with E-state index in [1.54, 1.807) is 12.1 Å². The molecule has 3 nitrogen and oxygen atoms in total. The van der Waals surface area contributed by atoms with Gasteiger partial charge in [0.15, 0.2) is 0 Å². The number of halogens is 3. The molecule has 0 N–H and O–H groups in total. The fourth-order valence-corrected chi connectivity index (χ4v) is 5.35. The van der Waals surface area contributed by atoms with Crippen molar-refractivity contribution >= 4 is 0 Å². The highest BCUT2D eigenvalue weighted by Crippen LogP contribution is 2.43. The molecular weight excluding hydrogens is 585 g/mol. The molecule has 5 rings (SSSR count). The van der Waals surface area contributed by atoms with E-state index in [9.17, 15) is 13.2 Å². The Morgan fingerprint density at radius 3 is 1.26 bits per heavy atom. The van der Waals surface area contributed by atoms with Crippen LogP contribution in [0.25, 0.3) is 11.1 Å². The molecule has 0 fully saturated rings. The maximum atomic E-state index is 14.9. The van der Waals surface area contributed by atoms with Crippen molar-refractivity contribution in [3.63, 3.8) is 0 Å². The maximum Gasteiger partial charge on any atom is 0.134 e. The fourth-order valence-electron chi connectivity index (χ4n) is 5.35. The minimum Gasteiger partial charge on any atom is -0.493 e. The third-order valence-corrected chi connectivity index (χ3v) is 7.74. The lowest BCUT2D eigenvalue weighted by molar-refractivity contribution is 0.283. The summed E-state index contributed by atoms with van der Waals surface area (Å²) in [6, 6.07) is 36.2. The van der Waals surface area contributed by atoms with Gasteiger partial charge in [0, 0.05) is 12.1 Å². The van der Waals surface area contributed by atoms with Crippen LogP contribution in [0.15, 0.2) is 115 Å². The number of hydrogen-bond donors (Lipinski definition) is 0. The number of hydrogen-bond acceptors (Lipinski definition) is 3. The molecule has 0 atom stereocenters. The van der Waals surface area contributed by atoms with Gasteiger partial charge in [-0.05, 0) is 72.9 Å². The highest BCUT2D eigenvalue weighted by atomic mass is 19.1.